The highest BCUT2D eigenvalue weighted by Crippen LogP contribution is 2.18. The maximum absolute atomic E-state index is 13.8. The molecule has 1 rings (SSSR count). The maximum atomic E-state index is 13.8. The maximum Gasteiger partial charge on any atom is 0.430 e. The van der Waals surface area contributed by atoms with Gasteiger partial charge in [0.25, 0.3) is 0 Å². The number of ether oxygens (including phenoxy) is 1. The van der Waals surface area contributed by atoms with E-state index < -0.39 is 12.1 Å². The average molecular weight is 465 g/mol. The molecule has 0 aliphatic heterocycles. The van der Waals surface area contributed by atoms with Crippen LogP contribution in [0.5, 0.6) is 5.75 Å². The van der Waals surface area contributed by atoms with Crippen molar-refractivity contribution in [1.82, 2.24) is 4.90 Å². The molecule has 0 heterocycles. The van der Waals surface area contributed by atoms with Crippen molar-refractivity contribution in [3.05, 3.63) is 29.6 Å². The van der Waals surface area contributed by atoms with Crippen molar-refractivity contribution < 1.29 is 32.2 Å². The zero-order valence-electron chi connectivity index (χ0n) is 19.6. The number of benzene rings is 1. The molecule has 0 spiro atoms. The van der Waals surface area contributed by atoms with Gasteiger partial charge in [0.1, 0.15) is 5.97 Å². The first-order valence-electron chi connectivity index (χ1n) is 11.5. The molecule has 0 N–H and O–H groups in total. The Morgan fingerprint density at radius 3 is 2.03 bits per heavy atom. The molecule has 32 heavy (non-hydrogen) atoms. The molecule has 186 valence electrons. The van der Waals surface area contributed by atoms with E-state index in [2.05, 4.69) is 18.7 Å². The van der Waals surface area contributed by atoms with Crippen molar-refractivity contribution >= 4 is 5.97 Å². The van der Waals surface area contributed by atoms with Crippen LogP contribution in [0.2, 0.25) is 0 Å². The fourth-order valence-electron chi connectivity index (χ4n) is 3.03. The number of rotatable bonds is 15. The number of hydrogen-bond acceptors (Lipinski definition) is 4. The van der Waals surface area contributed by atoms with Crippen LogP contribution in [-0.2, 0) is 4.79 Å². The van der Waals surface area contributed by atoms with Crippen LogP contribution in [0.15, 0.2) is 18.2 Å². The SMILES string of the molecule is CCCCCCCCN(CCCC)CCCOc1ccc(C)cc1F.O=C([O-])C(F)(F)F. The quantitative estimate of drug-likeness (QED) is 0.248. The molecular weight excluding hydrogens is 426 g/mol. The Bertz CT molecular complexity index is 624. The molecule has 0 aliphatic rings. The van der Waals surface area contributed by atoms with E-state index in [0.29, 0.717) is 12.4 Å². The van der Waals surface area contributed by atoms with Crippen molar-refractivity contribution in [3.8, 4) is 5.75 Å². The van der Waals surface area contributed by atoms with Gasteiger partial charge >= 0.3 is 6.18 Å². The summed E-state index contributed by atoms with van der Waals surface area (Å²) < 4.78 is 50.9. The number of carbonyl (C=O) groups excluding carboxylic acids is 1. The first-order chi connectivity index (χ1) is 15.1. The van der Waals surface area contributed by atoms with E-state index in [4.69, 9.17) is 14.6 Å². The lowest BCUT2D eigenvalue weighted by Gasteiger charge is -2.22. The van der Waals surface area contributed by atoms with Crippen LogP contribution in [0.3, 0.4) is 0 Å². The Balaban J connectivity index is 0.00000118. The third-order valence-corrected chi connectivity index (χ3v) is 4.85. The fraction of sp³-hybridized carbons (Fsp3) is 0.708. The van der Waals surface area contributed by atoms with Crippen LogP contribution >= 0.6 is 0 Å². The predicted molar refractivity (Wildman–Crippen MR) is 117 cm³/mol. The number of alkyl halides is 3. The summed E-state index contributed by atoms with van der Waals surface area (Å²) in [6.07, 6.45) is 6.30. The van der Waals surface area contributed by atoms with Crippen molar-refractivity contribution in [3.63, 3.8) is 0 Å². The summed E-state index contributed by atoms with van der Waals surface area (Å²) in [5.74, 6) is -2.89. The van der Waals surface area contributed by atoms with Gasteiger partial charge in [0.15, 0.2) is 11.6 Å². The summed E-state index contributed by atoms with van der Waals surface area (Å²) in [6, 6.07) is 5.15. The zero-order chi connectivity index (χ0) is 24.4. The summed E-state index contributed by atoms with van der Waals surface area (Å²) in [7, 11) is 0. The molecule has 0 bridgehead atoms. The highest BCUT2D eigenvalue weighted by atomic mass is 19.4. The Kier molecular flexibility index (Phi) is 16.7. The van der Waals surface area contributed by atoms with E-state index in [1.54, 1.807) is 6.07 Å². The van der Waals surface area contributed by atoms with E-state index in [1.807, 2.05) is 13.0 Å². The highest BCUT2D eigenvalue weighted by molar-refractivity contribution is 5.70. The number of carbonyl (C=O) groups is 1. The summed E-state index contributed by atoms with van der Waals surface area (Å²) >= 11 is 0. The third kappa shape index (κ3) is 15.9. The molecule has 0 unspecified atom stereocenters. The lowest BCUT2D eigenvalue weighted by atomic mass is 10.1. The Morgan fingerprint density at radius 2 is 1.47 bits per heavy atom. The van der Waals surface area contributed by atoms with Gasteiger partial charge in [0.2, 0.25) is 0 Å². The number of halogens is 4. The number of carboxylic acids is 1. The largest absolute Gasteiger partial charge is 0.542 e. The van der Waals surface area contributed by atoms with Gasteiger partial charge in [-0.05, 0) is 57.0 Å². The molecule has 0 radical (unpaired) electrons. The van der Waals surface area contributed by atoms with Crippen molar-refractivity contribution in [1.29, 1.82) is 0 Å². The monoisotopic (exact) mass is 464 g/mol. The molecule has 0 aliphatic carbocycles. The first-order valence-corrected chi connectivity index (χ1v) is 11.5. The van der Waals surface area contributed by atoms with E-state index >= 15 is 0 Å². The molecule has 0 saturated heterocycles. The molecule has 1 aromatic rings. The van der Waals surface area contributed by atoms with Gasteiger partial charge in [-0.15, -0.1) is 0 Å². The summed E-state index contributed by atoms with van der Waals surface area (Å²) in [5.41, 5.74) is 0.925. The molecule has 1 aromatic carbocycles. The predicted octanol–water partition coefficient (Wildman–Crippen LogP) is 5.66. The van der Waals surface area contributed by atoms with Crippen LogP contribution in [0.1, 0.15) is 77.2 Å². The van der Waals surface area contributed by atoms with Gasteiger partial charge < -0.3 is 19.5 Å². The second-order valence-electron chi connectivity index (χ2n) is 7.88. The third-order valence-electron chi connectivity index (χ3n) is 4.85. The Morgan fingerprint density at radius 1 is 0.938 bits per heavy atom. The van der Waals surface area contributed by atoms with Crippen LogP contribution in [0.25, 0.3) is 0 Å². The lowest BCUT2D eigenvalue weighted by molar-refractivity contribution is -0.344. The van der Waals surface area contributed by atoms with Gasteiger partial charge in [-0.1, -0.05) is 58.4 Å². The molecule has 0 fully saturated rings. The highest BCUT2D eigenvalue weighted by Gasteiger charge is 2.28. The smallest absolute Gasteiger partial charge is 0.430 e. The van der Waals surface area contributed by atoms with Gasteiger partial charge in [0, 0.05) is 6.54 Å². The van der Waals surface area contributed by atoms with Crippen molar-refractivity contribution in [2.75, 3.05) is 26.2 Å². The first kappa shape index (κ1) is 30.2. The molecular formula is C24H38F4NO3-. The Labute approximate surface area is 189 Å². The lowest BCUT2D eigenvalue weighted by Crippen LogP contribution is -2.37. The standard InChI is InChI=1S/C22H38FNO.C2HF3O2/c1-4-6-8-9-10-11-16-24(15-7-5-2)17-12-18-25-22-14-13-20(3)19-21(22)23;3-2(4,5)1(6)7/h13-14,19H,4-12,15-18H2,1-3H3;(H,6,7)/p-1. The van der Waals surface area contributed by atoms with E-state index in [0.717, 1.165) is 18.5 Å². The topological polar surface area (TPSA) is 52.6 Å². The number of nitrogens with zero attached hydrogens (tertiary/aromatic N) is 1. The molecule has 0 saturated carbocycles. The summed E-state index contributed by atoms with van der Waals surface area (Å²) in [5, 5.41) is 8.78. The van der Waals surface area contributed by atoms with Crippen LogP contribution < -0.4 is 9.84 Å². The number of aryl methyl sites for hydroxylation is 1. The normalized spacial score (nSPS) is 11.2. The molecule has 4 nitrogen and oxygen atoms in total. The van der Waals surface area contributed by atoms with Crippen molar-refractivity contribution in [2.45, 2.75) is 84.7 Å². The molecule has 0 atom stereocenters. The number of hydrogen-bond donors (Lipinski definition) is 0. The van der Waals surface area contributed by atoms with Crippen molar-refractivity contribution in [2.24, 2.45) is 0 Å². The minimum absolute atomic E-state index is 0.255. The minimum Gasteiger partial charge on any atom is -0.542 e. The zero-order valence-corrected chi connectivity index (χ0v) is 19.6. The van der Waals surface area contributed by atoms with E-state index in [-0.39, 0.29) is 5.82 Å². The summed E-state index contributed by atoms with van der Waals surface area (Å²) in [4.78, 5) is 11.3. The van der Waals surface area contributed by atoms with Crippen LogP contribution in [0, 0.1) is 12.7 Å². The minimum atomic E-state index is -5.19. The molecule has 0 aromatic heterocycles. The number of unbranched alkanes of at least 4 members (excludes halogenated alkanes) is 6. The fourth-order valence-corrected chi connectivity index (χ4v) is 3.03. The second-order valence-corrected chi connectivity index (χ2v) is 7.88. The Hall–Kier alpha value is -1.83. The summed E-state index contributed by atoms with van der Waals surface area (Å²) in [6.45, 7) is 10.4. The number of aliphatic carboxylic acids is 1. The van der Waals surface area contributed by atoms with Gasteiger partial charge in [-0.3, -0.25) is 0 Å². The van der Waals surface area contributed by atoms with Crippen LogP contribution in [0.4, 0.5) is 17.6 Å². The molecule has 8 heteroatoms. The van der Waals surface area contributed by atoms with E-state index in [1.165, 1.54) is 70.5 Å². The van der Waals surface area contributed by atoms with E-state index in [9.17, 15) is 17.6 Å². The van der Waals surface area contributed by atoms with Gasteiger partial charge in [-0.25, -0.2) is 4.39 Å². The van der Waals surface area contributed by atoms with Gasteiger partial charge in [-0.2, -0.15) is 13.2 Å². The molecule has 0 amide bonds. The second kappa shape index (κ2) is 17.7. The average Bonchev–Trinajstić information content (AvgIpc) is 2.72. The number of carboxylic acid groups (broad SMARTS) is 1. The van der Waals surface area contributed by atoms with Crippen LogP contribution in [-0.4, -0.2) is 43.3 Å². The van der Waals surface area contributed by atoms with Gasteiger partial charge in [0.05, 0.1) is 6.61 Å².